The van der Waals surface area contributed by atoms with Crippen molar-refractivity contribution >= 4 is 27.6 Å². The Morgan fingerprint density at radius 2 is 1.69 bits per heavy atom. The van der Waals surface area contributed by atoms with Gasteiger partial charge in [-0.25, -0.2) is 13.8 Å². The lowest BCUT2D eigenvalue weighted by Crippen LogP contribution is -2.17. The number of rotatable bonds is 4. The van der Waals surface area contributed by atoms with E-state index in [0.717, 1.165) is 12.1 Å². The lowest BCUT2D eigenvalue weighted by atomic mass is 9.95. The van der Waals surface area contributed by atoms with E-state index in [2.05, 4.69) is 31.2 Å². The summed E-state index contributed by atoms with van der Waals surface area (Å²) >= 11 is 3.13. The highest BCUT2D eigenvalue weighted by Crippen LogP contribution is 2.31. The highest BCUT2D eigenvalue weighted by atomic mass is 79.9. The molecule has 0 aliphatic carbocycles. The topological polar surface area (TPSA) is 105 Å². The lowest BCUT2D eigenvalue weighted by Gasteiger charge is -2.16. The molecule has 144 valence electrons. The zero-order chi connectivity index (χ0) is 21.1. The van der Waals surface area contributed by atoms with Crippen molar-refractivity contribution < 1.29 is 8.78 Å². The Labute approximate surface area is 172 Å². The van der Waals surface area contributed by atoms with Crippen molar-refractivity contribution in [2.24, 2.45) is 0 Å². The number of anilines is 2. The maximum atomic E-state index is 14.4. The first-order valence-electron chi connectivity index (χ1n) is 8.30. The first kappa shape index (κ1) is 20.2. The molecule has 3 aromatic rings. The molecule has 0 saturated carbocycles. The Hall–Kier alpha value is -3.56. The summed E-state index contributed by atoms with van der Waals surface area (Å²) in [5.41, 5.74) is 0.168. The Morgan fingerprint density at radius 1 is 1.10 bits per heavy atom. The van der Waals surface area contributed by atoms with E-state index < -0.39 is 23.1 Å². The molecule has 1 unspecified atom stereocenters. The average molecular weight is 456 g/mol. The summed E-state index contributed by atoms with van der Waals surface area (Å²) in [4.78, 5) is 19.1. The van der Waals surface area contributed by atoms with E-state index in [1.807, 2.05) is 6.07 Å². The summed E-state index contributed by atoms with van der Waals surface area (Å²) in [7, 11) is 0. The van der Waals surface area contributed by atoms with Crippen molar-refractivity contribution in [1.82, 2.24) is 9.97 Å². The fourth-order valence-corrected chi connectivity index (χ4v) is 3.32. The molecule has 0 bridgehead atoms. The zero-order valence-corrected chi connectivity index (χ0v) is 16.5. The Bertz CT molecular complexity index is 1200. The number of hydrogen-bond acceptors (Lipinski definition) is 5. The number of hydrogen-bond donors (Lipinski definition) is 2. The maximum absolute atomic E-state index is 14.4. The highest BCUT2D eigenvalue weighted by molar-refractivity contribution is 9.10. The van der Waals surface area contributed by atoms with Crippen LogP contribution in [-0.2, 0) is 0 Å². The first-order chi connectivity index (χ1) is 13.8. The van der Waals surface area contributed by atoms with Crippen LogP contribution in [0.2, 0.25) is 0 Å². The molecular formula is C20H12BrF2N5O. The van der Waals surface area contributed by atoms with Gasteiger partial charge in [-0.15, -0.1) is 0 Å². The van der Waals surface area contributed by atoms with Crippen LogP contribution in [-0.4, -0.2) is 9.97 Å². The molecule has 1 heterocycles. The molecule has 3 rings (SSSR count). The van der Waals surface area contributed by atoms with Crippen molar-refractivity contribution in [1.29, 1.82) is 10.5 Å². The molecule has 2 aromatic carbocycles. The van der Waals surface area contributed by atoms with Crippen molar-refractivity contribution in [3.8, 4) is 12.1 Å². The van der Waals surface area contributed by atoms with Crippen LogP contribution in [0.15, 0.2) is 45.7 Å². The van der Waals surface area contributed by atoms with Gasteiger partial charge in [0.1, 0.15) is 16.1 Å². The number of nitrogens with zero attached hydrogens (tertiary/aromatic N) is 3. The van der Waals surface area contributed by atoms with E-state index in [1.54, 1.807) is 30.3 Å². The summed E-state index contributed by atoms with van der Waals surface area (Å²) in [5, 5.41) is 20.6. The highest BCUT2D eigenvalue weighted by Gasteiger charge is 2.24. The molecule has 0 spiro atoms. The van der Waals surface area contributed by atoms with Crippen LogP contribution in [0.1, 0.15) is 35.2 Å². The van der Waals surface area contributed by atoms with Gasteiger partial charge in [0, 0.05) is 17.2 Å². The Kier molecular flexibility index (Phi) is 5.71. The smallest absolute Gasteiger partial charge is 0.266 e. The number of nitriles is 2. The van der Waals surface area contributed by atoms with Crippen LogP contribution >= 0.6 is 15.9 Å². The first-order valence-corrected chi connectivity index (χ1v) is 9.09. The second-order valence-electron chi connectivity index (χ2n) is 6.11. The van der Waals surface area contributed by atoms with E-state index >= 15 is 0 Å². The second kappa shape index (κ2) is 8.21. The van der Waals surface area contributed by atoms with Gasteiger partial charge in [-0.1, -0.05) is 6.92 Å². The average Bonchev–Trinajstić information content (AvgIpc) is 2.70. The number of halogens is 3. The minimum Gasteiger partial charge on any atom is -0.326 e. The maximum Gasteiger partial charge on any atom is 0.266 e. The minimum atomic E-state index is -0.916. The third-order valence-corrected chi connectivity index (χ3v) is 4.98. The molecular weight excluding hydrogens is 444 g/mol. The summed E-state index contributed by atoms with van der Waals surface area (Å²) < 4.78 is 28.9. The molecule has 0 saturated heterocycles. The van der Waals surface area contributed by atoms with Crippen LogP contribution in [0.5, 0.6) is 0 Å². The van der Waals surface area contributed by atoms with E-state index in [1.165, 1.54) is 6.92 Å². The van der Waals surface area contributed by atoms with E-state index in [0.29, 0.717) is 11.3 Å². The van der Waals surface area contributed by atoms with Crippen LogP contribution in [0.3, 0.4) is 0 Å². The Balaban J connectivity index is 2.03. The van der Waals surface area contributed by atoms with Gasteiger partial charge in [-0.2, -0.15) is 10.5 Å². The summed E-state index contributed by atoms with van der Waals surface area (Å²) in [5.74, 6) is -2.64. The number of H-pyrrole nitrogens is 1. The minimum absolute atomic E-state index is 0.0403. The molecule has 1 aromatic heterocycles. The molecule has 1 atom stereocenters. The SMILES string of the molecule is CC(c1nc(Nc2ccc(C#N)cc2)[nH]c(=O)c1Br)c1c(F)cc(C#N)cc1F. The van der Waals surface area contributed by atoms with Gasteiger partial charge in [-0.05, 0) is 52.3 Å². The summed E-state index contributed by atoms with van der Waals surface area (Å²) in [6, 6.07) is 12.0. The van der Waals surface area contributed by atoms with Gasteiger partial charge in [0.25, 0.3) is 5.56 Å². The van der Waals surface area contributed by atoms with Gasteiger partial charge in [0.05, 0.1) is 29.0 Å². The predicted molar refractivity (Wildman–Crippen MR) is 106 cm³/mol. The van der Waals surface area contributed by atoms with Crippen LogP contribution < -0.4 is 10.9 Å². The van der Waals surface area contributed by atoms with Crippen molar-refractivity contribution in [2.75, 3.05) is 5.32 Å². The van der Waals surface area contributed by atoms with Crippen LogP contribution in [0.25, 0.3) is 0 Å². The fourth-order valence-electron chi connectivity index (χ4n) is 2.79. The molecule has 0 amide bonds. The second-order valence-corrected chi connectivity index (χ2v) is 6.91. The van der Waals surface area contributed by atoms with Gasteiger partial charge >= 0.3 is 0 Å². The standard InChI is InChI=1S/C20H12BrF2N5O/c1-10(16-14(22)6-12(9-25)7-15(16)23)18-17(21)19(29)28-20(27-18)26-13-4-2-11(8-24)3-5-13/h2-7,10H,1H3,(H2,26,27,28,29). The lowest BCUT2D eigenvalue weighted by molar-refractivity contribution is 0.543. The van der Waals surface area contributed by atoms with Crippen molar-refractivity contribution in [2.45, 2.75) is 12.8 Å². The van der Waals surface area contributed by atoms with Crippen molar-refractivity contribution in [3.05, 3.63) is 85.2 Å². The largest absolute Gasteiger partial charge is 0.326 e. The number of aromatic amines is 1. The van der Waals surface area contributed by atoms with Crippen LogP contribution in [0.4, 0.5) is 20.4 Å². The Morgan fingerprint density at radius 3 is 2.24 bits per heavy atom. The van der Waals surface area contributed by atoms with Gasteiger partial charge in [0.2, 0.25) is 5.95 Å². The van der Waals surface area contributed by atoms with Gasteiger partial charge in [0.15, 0.2) is 0 Å². The molecule has 0 aliphatic rings. The molecule has 0 fully saturated rings. The zero-order valence-electron chi connectivity index (χ0n) is 14.9. The molecule has 9 heteroatoms. The summed E-state index contributed by atoms with van der Waals surface area (Å²) in [6.07, 6.45) is 0. The number of benzene rings is 2. The van der Waals surface area contributed by atoms with E-state index in [-0.39, 0.29) is 27.2 Å². The quantitative estimate of drug-likeness (QED) is 0.604. The molecule has 0 aliphatic heterocycles. The third-order valence-electron chi connectivity index (χ3n) is 4.22. The van der Waals surface area contributed by atoms with Crippen LogP contribution in [0, 0.1) is 34.3 Å². The van der Waals surface area contributed by atoms with Gasteiger partial charge < -0.3 is 5.32 Å². The summed E-state index contributed by atoms with van der Waals surface area (Å²) in [6.45, 7) is 1.51. The molecule has 2 N–H and O–H groups in total. The normalized spacial score (nSPS) is 11.4. The fraction of sp³-hybridized carbons (Fsp3) is 0.100. The number of aromatic nitrogens is 2. The predicted octanol–water partition coefficient (Wildman–Crippen LogP) is 4.45. The van der Waals surface area contributed by atoms with Gasteiger partial charge in [-0.3, -0.25) is 9.78 Å². The van der Waals surface area contributed by atoms with E-state index in [4.69, 9.17) is 10.5 Å². The number of nitrogens with one attached hydrogen (secondary N) is 2. The monoisotopic (exact) mass is 455 g/mol. The molecule has 0 radical (unpaired) electrons. The third kappa shape index (κ3) is 4.15. The van der Waals surface area contributed by atoms with Crippen molar-refractivity contribution in [3.63, 3.8) is 0 Å². The van der Waals surface area contributed by atoms with E-state index in [9.17, 15) is 13.6 Å². The molecule has 6 nitrogen and oxygen atoms in total. The molecule has 29 heavy (non-hydrogen) atoms.